The van der Waals surface area contributed by atoms with Crippen molar-refractivity contribution in [1.29, 1.82) is 0 Å². The topological polar surface area (TPSA) is 36.9 Å². The van der Waals surface area contributed by atoms with E-state index in [1.165, 1.54) is 0 Å². The Kier molecular flexibility index (Phi) is 14.8. The van der Waals surface area contributed by atoms with Crippen molar-refractivity contribution < 1.29 is 17.1 Å². The Morgan fingerprint density at radius 1 is 0.909 bits per heavy atom. The molecule has 0 heterocycles. The Bertz CT molecular complexity index is 286. The second-order valence-electron chi connectivity index (χ2n) is 7.27. The van der Waals surface area contributed by atoms with Gasteiger partial charge in [0.15, 0.2) is 16.6 Å². The van der Waals surface area contributed by atoms with Crippen LogP contribution in [0.3, 0.4) is 0 Å². The molecule has 0 fully saturated rings. The first-order valence-corrected chi connectivity index (χ1v) is 19.1. The van der Waals surface area contributed by atoms with E-state index in [2.05, 4.69) is 70.2 Å². The normalized spacial score (nSPS) is 13.5. The summed E-state index contributed by atoms with van der Waals surface area (Å²) in [5.74, 6) is 0. The van der Waals surface area contributed by atoms with Gasteiger partial charge in [-0.15, -0.1) is 6.58 Å². The minimum atomic E-state index is -1.98. The second kappa shape index (κ2) is 11.9. The third-order valence-corrected chi connectivity index (χ3v) is 14.0. The number of hydrogen-bond donors (Lipinski definition) is 0. The van der Waals surface area contributed by atoms with Gasteiger partial charge in [0.25, 0.3) is 9.28 Å². The van der Waals surface area contributed by atoms with Gasteiger partial charge < -0.3 is 17.1 Å². The fourth-order valence-electron chi connectivity index (χ4n) is 1.80. The van der Waals surface area contributed by atoms with Crippen molar-refractivity contribution >= 4 is 34.5 Å². The second-order valence-corrected chi connectivity index (χ2v) is 22.4. The van der Waals surface area contributed by atoms with E-state index in [0.29, 0.717) is 6.61 Å². The smallest absolute Gasteiger partial charge is 0.312 e. The molecule has 0 saturated carbocycles. The van der Waals surface area contributed by atoms with Crippen molar-refractivity contribution in [2.75, 3.05) is 13.7 Å². The summed E-state index contributed by atoms with van der Waals surface area (Å²) in [6.45, 7) is 23.7. The highest BCUT2D eigenvalue weighted by atomic mass is 28.5. The van der Waals surface area contributed by atoms with Crippen LogP contribution in [0.15, 0.2) is 12.7 Å². The summed E-state index contributed by atoms with van der Waals surface area (Å²) in [7, 11) is -4.83. The van der Waals surface area contributed by atoms with Crippen LogP contribution < -0.4 is 0 Å². The van der Waals surface area contributed by atoms with Gasteiger partial charge in [-0.1, -0.05) is 13.5 Å². The summed E-state index contributed by atoms with van der Waals surface area (Å²) < 4.78 is 22.8. The molecule has 0 rings (SSSR count). The van der Waals surface area contributed by atoms with E-state index >= 15 is 0 Å². The standard InChI is InChI=1S/C9H28O3Si4.C4H8O.CH4/c1-13(10-14(2,3)4)11-16(8,9)12-15(5,6)7;1-3-4-5-2;/h13H,1-9H3;3H,1,4H2,2H3;1H4. The Morgan fingerprint density at radius 2 is 1.36 bits per heavy atom. The van der Waals surface area contributed by atoms with Gasteiger partial charge in [0.2, 0.25) is 0 Å². The molecule has 0 amide bonds. The molecule has 0 N–H and O–H groups in total. The number of hydrogen-bond acceptors (Lipinski definition) is 4. The average molecular weight is 385 g/mol. The maximum Gasteiger partial charge on any atom is 0.312 e. The largest absolute Gasteiger partial charge is 0.439 e. The molecule has 1 atom stereocenters. The molecular weight excluding hydrogens is 344 g/mol. The van der Waals surface area contributed by atoms with E-state index < -0.39 is 34.5 Å². The summed E-state index contributed by atoms with van der Waals surface area (Å²) in [5, 5.41) is 0. The highest BCUT2D eigenvalue weighted by Crippen LogP contribution is 2.17. The molecule has 0 aromatic heterocycles. The predicted octanol–water partition coefficient (Wildman–Crippen LogP) is 4.71. The summed E-state index contributed by atoms with van der Waals surface area (Å²) >= 11 is 0. The SMILES string of the molecule is C.C=CCOC.C[SiH](O[Si](C)(C)C)O[Si](C)(C)O[Si](C)(C)C. The minimum Gasteiger partial charge on any atom is -0.439 e. The zero-order valence-electron chi connectivity index (χ0n) is 15.7. The molecule has 136 valence electrons. The van der Waals surface area contributed by atoms with Gasteiger partial charge in [0.1, 0.15) is 0 Å². The van der Waals surface area contributed by atoms with Crippen molar-refractivity contribution in [3.05, 3.63) is 12.7 Å². The van der Waals surface area contributed by atoms with Crippen LogP contribution in [-0.4, -0.2) is 48.2 Å². The molecule has 0 saturated heterocycles. The predicted molar refractivity (Wildman–Crippen MR) is 109 cm³/mol. The van der Waals surface area contributed by atoms with Crippen LogP contribution in [0.25, 0.3) is 0 Å². The first-order chi connectivity index (χ1) is 9.22. The molecule has 0 spiro atoms. The third-order valence-electron chi connectivity index (χ3n) is 1.81. The fourth-order valence-corrected chi connectivity index (χ4v) is 16.1. The van der Waals surface area contributed by atoms with Gasteiger partial charge >= 0.3 is 8.56 Å². The molecule has 1 unspecified atom stereocenters. The molecule has 0 aromatic rings. The number of ether oxygens (including phenoxy) is 1. The van der Waals surface area contributed by atoms with Crippen LogP contribution >= 0.6 is 0 Å². The molecule has 8 heteroatoms. The van der Waals surface area contributed by atoms with Gasteiger partial charge in [-0.2, -0.15) is 0 Å². The lowest BCUT2D eigenvalue weighted by Crippen LogP contribution is -2.49. The zero-order valence-corrected chi connectivity index (χ0v) is 19.9. The molecule has 0 radical (unpaired) electrons. The minimum absolute atomic E-state index is 0. The van der Waals surface area contributed by atoms with Crippen molar-refractivity contribution in [2.24, 2.45) is 0 Å². The Hall–Kier alpha value is 0.448. The monoisotopic (exact) mass is 384 g/mol. The molecule has 0 aliphatic carbocycles. The van der Waals surface area contributed by atoms with Crippen molar-refractivity contribution in [3.63, 3.8) is 0 Å². The molecule has 22 heavy (non-hydrogen) atoms. The number of rotatable bonds is 8. The maximum atomic E-state index is 6.14. The number of methoxy groups -OCH3 is 1. The van der Waals surface area contributed by atoms with Gasteiger partial charge in [-0.05, 0) is 58.9 Å². The van der Waals surface area contributed by atoms with Crippen LogP contribution in [0.4, 0.5) is 0 Å². The van der Waals surface area contributed by atoms with Crippen molar-refractivity contribution in [2.45, 2.75) is 66.3 Å². The van der Waals surface area contributed by atoms with Crippen molar-refractivity contribution in [1.82, 2.24) is 0 Å². The van der Waals surface area contributed by atoms with Crippen LogP contribution in [0.1, 0.15) is 7.43 Å². The molecule has 0 aromatic carbocycles. The first-order valence-electron chi connectivity index (χ1n) is 7.38. The molecular formula is C14H40O4Si4. The van der Waals surface area contributed by atoms with Gasteiger partial charge in [-0.25, -0.2) is 0 Å². The lowest BCUT2D eigenvalue weighted by atomic mass is 10.7. The molecule has 0 bridgehead atoms. The Morgan fingerprint density at radius 3 is 1.59 bits per heavy atom. The van der Waals surface area contributed by atoms with E-state index in [1.54, 1.807) is 13.2 Å². The van der Waals surface area contributed by atoms with E-state index in [9.17, 15) is 0 Å². The van der Waals surface area contributed by atoms with Gasteiger partial charge in [0, 0.05) is 7.11 Å². The van der Waals surface area contributed by atoms with Gasteiger partial charge in [-0.3, -0.25) is 0 Å². The molecule has 0 aliphatic rings. The lowest BCUT2D eigenvalue weighted by molar-refractivity contribution is 0.234. The quantitative estimate of drug-likeness (QED) is 0.448. The Labute approximate surface area is 144 Å². The summed E-state index contributed by atoms with van der Waals surface area (Å²) in [4.78, 5) is 0. The molecule has 4 nitrogen and oxygen atoms in total. The molecule has 0 aliphatic heterocycles. The summed E-state index contributed by atoms with van der Waals surface area (Å²) in [6, 6.07) is 0. The first kappa shape index (κ1) is 27.3. The highest BCUT2D eigenvalue weighted by Gasteiger charge is 2.34. The summed E-state index contributed by atoms with van der Waals surface area (Å²) in [5.41, 5.74) is 0. The third kappa shape index (κ3) is 22.7. The van der Waals surface area contributed by atoms with E-state index in [4.69, 9.17) is 12.3 Å². The lowest BCUT2D eigenvalue weighted by Gasteiger charge is -2.34. The van der Waals surface area contributed by atoms with E-state index in [1.807, 2.05) is 0 Å². The van der Waals surface area contributed by atoms with E-state index in [-0.39, 0.29) is 7.43 Å². The maximum absolute atomic E-state index is 6.14. The Balaban J connectivity index is -0.000000520. The van der Waals surface area contributed by atoms with Crippen LogP contribution in [-0.2, 0) is 17.1 Å². The fraction of sp³-hybridized carbons (Fsp3) is 0.857. The summed E-state index contributed by atoms with van der Waals surface area (Å²) in [6.07, 6.45) is 1.71. The van der Waals surface area contributed by atoms with Gasteiger partial charge in [0.05, 0.1) is 6.61 Å². The zero-order chi connectivity index (χ0) is 17.3. The van der Waals surface area contributed by atoms with Crippen LogP contribution in [0.2, 0.25) is 58.9 Å². The van der Waals surface area contributed by atoms with Crippen LogP contribution in [0, 0.1) is 0 Å². The van der Waals surface area contributed by atoms with Crippen LogP contribution in [0.5, 0.6) is 0 Å². The van der Waals surface area contributed by atoms with E-state index in [0.717, 1.165) is 0 Å². The highest BCUT2D eigenvalue weighted by molar-refractivity contribution is 6.84. The van der Waals surface area contributed by atoms with Crippen molar-refractivity contribution in [3.8, 4) is 0 Å². The average Bonchev–Trinajstić information content (AvgIpc) is 2.10.